The van der Waals surface area contributed by atoms with Crippen LogP contribution in [0.2, 0.25) is 0 Å². The summed E-state index contributed by atoms with van der Waals surface area (Å²) in [6, 6.07) is 0. The molecule has 0 radical (unpaired) electrons. The van der Waals surface area contributed by atoms with Gasteiger partial charge in [-0.1, -0.05) is 79.0 Å². The van der Waals surface area contributed by atoms with Crippen molar-refractivity contribution >= 4 is 17.7 Å². The molecular formula is C30H37NO6. The van der Waals surface area contributed by atoms with Gasteiger partial charge in [-0.25, -0.2) is 0 Å². The normalized spacial score (nSPS) is 30.4. The Hall–Kier alpha value is -3.55. The van der Waals surface area contributed by atoms with Crippen molar-refractivity contribution in [3.8, 4) is 0 Å². The van der Waals surface area contributed by atoms with E-state index in [1.807, 2.05) is 49.5 Å². The molecule has 7 heteroatoms. The molecule has 0 aromatic carbocycles. The van der Waals surface area contributed by atoms with Gasteiger partial charge in [-0.2, -0.15) is 0 Å². The molecular weight excluding hydrogens is 470 g/mol. The molecule has 2 heterocycles. The summed E-state index contributed by atoms with van der Waals surface area (Å²) in [6.45, 7) is 3.52. The van der Waals surface area contributed by atoms with Gasteiger partial charge in [0.25, 0.3) is 0 Å². The van der Waals surface area contributed by atoms with Gasteiger partial charge >= 0.3 is 5.97 Å². The third-order valence-corrected chi connectivity index (χ3v) is 5.64. The summed E-state index contributed by atoms with van der Waals surface area (Å²) in [5.74, 6) is -3.95. The Bertz CT molecular complexity index is 1030. The van der Waals surface area contributed by atoms with Crippen LogP contribution in [0.4, 0.5) is 0 Å². The predicted molar refractivity (Wildman–Crippen MR) is 144 cm³/mol. The molecule has 198 valence electrons. The van der Waals surface area contributed by atoms with Crippen molar-refractivity contribution in [3.05, 3.63) is 97.2 Å². The number of cyclic esters (lactones) is 1. The molecule has 1 amide bonds. The second-order valence-electron chi connectivity index (χ2n) is 8.98. The van der Waals surface area contributed by atoms with E-state index in [-0.39, 0.29) is 17.9 Å². The Labute approximate surface area is 219 Å². The quantitative estimate of drug-likeness (QED) is 0.403. The Morgan fingerprint density at radius 3 is 2.32 bits per heavy atom. The van der Waals surface area contributed by atoms with Gasteiger partial charge in [0, 0.05) is 12.8 Å². The first-order chi connectivity index (χ1) is 17.7. The van der Waals surface area contributed by atoms with Crippen LogP contribution in [0.3, 0.4) is 0 Å². The highest BCUT2D eigenvalue weighted by Gasteiger charge is 2.35. The Balaban J connectivity index is 2.15. The number of hydrogen-bond acceptors (Lipinski definition) is 6. The van der Waals surface area contributed by atoms with E-state index in [1.54, 1.807) is 43.4 Å². The minimum atomic E-state index is -1.69. The average Bonchev–Trinajstić information content (AvgIpc) is 2.84. The van der Waals surface area contributed by atoms with Crippen LogP contribution >= 0.6 is 0 Å². The van der Waals surface area contributed by atoms with E-state index in [4.69, 9.17) is 15.2 Å². The maximum atomic E-state index is 12.2. The summed E-state index contributed by atoms with van der Waals surface area (Å²) >= 11 is 0. The number of allylic oxidation sites excluding steroid dienone is 10. The van der Waals surface area contributed by atoms with Crippen LogP contribution in [0.5, 0.6) is 0 Å². The second kappa shape index (κ2) is 15.5. The van der Waals surface area contributed by atoms with Crippen molar-refractivity contribution in [1.82, 2.24) is 0 Å². The van der Waals surface area contributed by atoms with Gasteiger partial charge in [0.15, 0.2) is 5.78 Å². The molecule has 5 unspecified atom stereocenters. The lowest BCUT2D eigenvalue weighted by molar-refractivity contribution is -0.171. The number of esters is 1. The van der Waals surface area contributed by atoms with Gasteiger partial charge in [0.1, 0.15) is 6.10 Å². The number of carbonyl (C=O) groups excluding carboxylic acids is 3. The molecule has 0 aromatic rings. The first-order valence-electron chi connectivity index (χ1n) is 12.5. The molecule has 0 aliphatic carbocycles. The van der Waals surface area contributed by atoms with Crippen LogP contribution < -0.4 is 5.73 Å². The number of rotatable bonds is 1. The van der Waals surface area contributed by atoms with E-state index in [1.165, 1.54) is 18.2 Å². The molecule has 2 bridgehead atoms. The number of carbonyl (C=O) groups is 3. The molecule has 0 aromatic heterocycles. The number of fused-ring (bicyclic) bond motifs is 2. The minimum absolute atomic E-state index is 0.0959. The first-order valence-corrected chi connectivity index (χ1v) is 12.5. The van der Waals surface area contributed by atoms with Crippen molar-refractivity contribution in [3.63, 3.8) is 0 Å². The van der Waals surface area contributed by atoms with E-state index >= 15 is 0 Å². The number of primary amides is 1. The van der Waals surface area contributed by atoms with Crippen LogP contribution in [0.25, 0.3) is 0 Å². The third kappa shape index (κ3) is 11.4. The summed E-state index contributed by atoms with van der Waals surface area (Å²) in [6.07, 6.45) is 28.3. The zero-order valence-corrected chi connectivity index (χ0v) is 21.4. The van der Waals surface area contributed by atoms with E-state index in [0.29, 0.717) is 25.7 Å². The molecule has 7 nitrogen and oxygen atoms in total. The molecule has 37 heavy (non-hydrogen) atoms. The fourth-order valence-corrected chi connectivity index (χ4v) is 3.51. The topological polar surface area (TPSA) is 116 Å². The lowest BCUT2D eigenvalue weighted by atomic mass is 9.95. The van der Waals surface area contributed by atoms with Crippen molar-refractivity contribution in [2.75, 3.05) is 0 Å². The Morgan fingerprint density at radius 2 is 1.62 bits per heavy atom. The lowest BCUT2D eigenvalue weighted by Gasteiger charge is -2.33. The molecule has 2 aliphatic heterocycles. The lowest BCUT2D eigenvalue weighted by Crippen LogP contribution is -2.43. The Kier molecular flexibility index (Phi) is 12.5. The maximum absolute atomic E-state index is 12.2. The van der Waals surface area contributed by atoms with Gasteiger partial charge < -0.3 is 20.3 Å². The minimum Gasteiger partial charge on any atom is -0.462 e. The summed E-state index contributed by atoms with van der Waals surface area (Å²) in [4.78, 5) is 36.2. The number of hydrogen-bond donors (Lipinski definition) is 2. The van der Waals surface area contributed by atoms with E-state index in [9.17, 15) is 19.5 Å². The number of amides is 1. The monoisotopic (exact) mass is 507 g/mol. The van der Waals surface area contributed by atoms with Crippen molar-refractivity contribution < 1.29 is 29.0 Å². The van der Waals surface area contributed by atoms with Crippen molar-refractivity contribution in [2.24, 2.45) is 17.6 Å². The zero-order chi connectivity index (χ0) is 27.1. The summed E-state index contributed by atoms with van der Waals surface area (Å²) < 4.78 is 11.2. The maximum Gasteiger partial charge on any atom is 0.312 e. The van der Waals surface area contributed by atoms with Crippen LogP contribution in [0.1, 0.15) is 39.5 Å². The SMILES string of the molecule is CC1CC=CC=CC=CC=CC=CC2OC(O)(C=CCCCC(=O)C=CC(C)C(=O)O1)C=CC2C(N)=O. The molecule has 0 saturated heterocycles. The summed E-state index contributed by atoms with van der Waals surface area (Å²) in [7, 11) is 0. The highest BCUT2D eigenvalue weighted by Crippen LogP contribution is 2.27. The van der Waals surface area contributed by atoms with Gasteiger partial charge in [0.05, 0.1) is 17.9 Å². The van der Waals surface area contributed by atoms with E-state index in [0.717, 1.165) is 0 Å². The Morgan fingerprint density at radius 1 is 0.946 bits per heavy atom. The van der Waals surface area contributed by atoms with Gasteiger partial charge in [-0.15, -0.1) is 0 Å². The highest BCUT2D eigenvalue weighted by atomic mass is 16.6. The molecule has 5 atom stereocenters. The number of aliphatic hydroxyl groups is 1. The molecule has 0 fully saturated rings. The number of ether oxygens (including phenoxy) is 2. The fraction of sp³-hybridized carbons (Fsp3) is 0.367. The fourth-order valence-electron chi connectivity index (χ4n) is 3.51. The second-order valence-corrected chi connectivity index (χ2v) is 8.98. The van der Waals surface area contributed by atoms with Gasteiger partial charge in [0.2, 0.25) is 11.7 Å². The number of ketones is 1. The van der Waals surface area contributed by atoms with Crippen LogP contribution in [-0.4, -0.2) is 40.8 Å². The van der Waals surface area contributed by atoms with E-state index in [2.05, 4.69) is 0 Å². The van der Waals surface area contributed by atoms with Crippen LogP contribution in [0.15, 0.2) is 97.2 Å². The average molecular weight is 508 g/mol. The van der Waals surface area contributed by atoms with Crippen molar-refractivity contribution in [1.29, 1.82) is 0 Å². The van der Waals surface area contributed by atoms with Crippen LogP contribution in [-0.2, 0) is 23.9 Å². The third-order valence-electron chi connectivity index (χ3n) is 5.64. The molecule has 0 spiro atoms. The predicted octanol–water partition coefficient (Wildman–Crippen LogP) is 4.34. The molecule has 2 rings (SSSR count). The highest BCUT2D eigenvalue weighted by molar-refractivity contribution is 5.90. The number of nitrogens with two attached hydrogens (primary N) is 1. The van der Waals surface area contributed by atoms with Gasteiger partial charge in [-0.05, 0) is 44.9 Å². The summed E-state index contributed by atoms with van der Waals surface area (Å²) in [5.41, 5.74) is 5.50. The van der Waals surface area contributed by atoms with Crippen molar-refractivity contribution in [2.45, 2.75) is 57.5 Å². The molecule has 2 aliphatic rings. The van der Waals surface area contributed by atoms with E-state index < -0.39 is 29.6 Å². The zero-order valence-electron chi connectivity index (χ0n) is 21.4. The summed E-state index contributed by atoms with van der Waals surface area (Å²) in [5, 5.41) is 10.8. The smallest absolute Gasteiger partial charge is 0.312 e. The standard InChI is InChI=1S/C30H37NO6/c1-23-18-19-25(32)16-12-10-14-21-30(35)22-20-26(28(31)33)27(37-30)17-13-9-7-5-3-4-6-8-11-15-24(2)36-29(23)34/h3-9,11,13-14,17-24,26-27,35H,10,12,15-16H2,1-2H3,(H2,31,33). The molecule has 0 saturated carbocycles. The molecule has 3 N–H and O–H groups in total. The first kappa shape index (κ1) is 29.7. The van der Waals surface area contributed by atoms with Crippen LogP contribution in [0, 0.1) is 11.8 Å². The largest absolute Gasteiger partial charge is 0.462 e. The van der Waals surface area contributed by atoms with Gasteiger partial charge in [-0.3, -0.25) is 14.4 Å².